The van der Waals surface area contributed by atoms with E-state index < -0.39 is 11.9 Å². The Morgan fingerprint density at radius 1 is 1.17 bits per heavy atom. The van der Waals surface area contributed by atoms with Crippen LogP contribution in [-0.4, -0.2) is 48.6 Å². The molecule has 0 bridgehead atoms. The van der Waals surface area contributed by atoms with Gasteiger partial charge in [-0.05, 0) is 24.6 Å². The second-order valence-electron chi connectivity index (χ2n) is 7.26. The predicted octanol–water partition coefficient (Wildman–Crippen LogP) is 0.672. The van der Waals surface area contributed by atoms with Gasteiger partial charge in [-0.2, -0.15) is 0 Å². The number of amides is 3. The molecule has 1 aromatic carbocycles. The predicted molar refractivity (Wildman–Crippen MR) is 105 cm³/mol. The van der Waals surface area contributed by atoms with Crippen molar-refractivity contribution in [2.24, 2.45) is 0 Å². The van der Waals surface area contributed by atoms with Crippen LogP contribution in [0.5, 0.6) is 0 Å². The van der Waals surface area contributed by atoms with Crippen molar-refractivity contribution in [2.45, 2.75) is 25.4 Å². The number of hydrogen-bond acceptors (Lipinski definition) is 7. The molecule has 4 heterocycles. The van der Waals surface area contributed by atoms with E-state index in [1.807, 2.05) is 6.07 Å². The van der Waals surface area contributed by atoms with Gasteiger partial charge in [0, 0.05) is 42.0 Å². The maximum Gasteiger partial charge on any atom is 0.255 e. The largest absolute Gasteiger partial charge is 0.397 e. The lowest BCUT2D eigenvalue weighted by atomic mass is 10.0. The Morgan fingerprint density at radius 2 is 2.03 bits per heavy atom. The zero-order valence-corrected chi connectivity index (χ0v) is 15.8. The van der Waals surface area contributed by atoms with Crippen molar-refractivity contribution < 1.29 is 14.4 Å². The molecule has 2 aromatic heterocycles. The standard InChI is InChI=1S/C20H17N7O3/c21-12-6-11(7-22-8-12)15-10-27(25-24-15)16-3-1-2-13-14(16)9-26(20(13)30)17-4-5-18(28)23-19(17)29/h1-3,6-8,10,17H,4-5,9,21H2,(H,23,28,29). The van der Waals surface area contributed by atoms with Crippen LogP contribution in [0.2, 0.25) is 0 Å². The van der Waals surface area contributed by atoms with Crippen molar-refractivity contribution in [1.29, 1.82) is 0 Å². The Labute approximate surface area is 170 Å². The third kappa shape index (κ3) is 2.89. The van der Waals surface area contributed by atoms with Gasteiger partial charge in [0.05, 0.1) is 17.6 Å². The van der Waals surface area contributed by atoms with E-state index >= 15 is 0 Å². The number of piperidine rings is 1. The second kappa shape index (κ2) is 6.76. The minimum atomic E-state index is -0.667. The molecule has 5 rings (SSSR count). The second-order valence-corrected chi connectivity index (χ2v) is 7.26. The van der Waals surface area contributed by atoms with Crippen molar-refractivity contribution in [3.05, 3.63) is 54.0 Å². The molecule has 0 saturated carbocycles. The summed E-state index contributed by atoms with van der Waals surface area (Å²) in [7, 11) is 0. The first-order chi connectivity index (χ1) is 14.5. The number of carbonyl (C=O) groups is 3. The Morgan fingerprint density at radius 3 is 2.83 bits per heavy atom. The zero-order chi connectivity index (χ0) is 20.8. The number of imide groups is 1. The minimum absolute atomic E-state index is 0.212. The molecular formula is C20H17N7O3. The number of aromatic nitrogens is 4. The molecule has 1 fully saturated rings. The van der Waals surface area contributed by atoms with E-state index in [4.69, 9.17) is 5.73 Å². The van der Waals surface area contributed by atoms with Gasteiger partial charge in [0.2, 0.25) is 11.8 Å². The molecule has 150 valence electrons. The molecule has 30 heavy (non-hydrogen) atoms. The van der Waals surface area contributed by atoms with E-state index in [0.29, 0.717) is 29.1 Å². The van der Waals surface area contributed by atoms with Crippen LogP contribution < -0.4 is 11.1 Å². The van der Waals surface area contributed by atoms with E-state index in [1.165, 1.54) is 4.90 Å². The van der Waals surface area contributed by atoms with Crippen molar-refractivity contribution in [2.75, 3.05) is 5.73 Å². The maximum absolute atomic E-state index is 13.0. The number of pyridine rings is 1. The van der Waals surface area contributed by atoms with Crippen LogP contribution in [0, 0.1) is 0 Å². The highest BCUT2D eigenvalue weighted by Crippen LogP contribution is 2.31. The number of nitrogen functional groups attached to an aromatic ring is 1. The fourth-order valence-electron chi connectivity index (χ4n) is 3.90. The van der Waals surface area contributed by atoms with Gasteiger partial charge < -0.3 is 10.6 Å². The first-order valence-electron chi connectivity index (χ1n) is 9.41. The lowest BCUT2D eigenvalue weighted by molar-refractivity contribution is -0.136. The third-order valence-corrected chi connectivity index (χ3v) is 5.35. The summed E-state index contributed by atoms with van der Waals surface area (Å²) in [6.45, 7) is 0.256. The van der Waals surface area contributed by atoms with Gasteiger partial charge >= 0.3 is 0 Å². The first kappa shape index (κ1) is 18.0. The monoisotopic (exact) mass is 403 g/mol. The number of carbonyl (C=O) groups excluding carboxylic acids is 3. The summed E-state index contributed by atoms with van der Waals surface area (Å²) in [5.41, 5.74) is 9.62. The highest BCUT2D eigenvalue weighted by molar-refractivity contribution is 6.05. The smallest absolute Gasteiger partial charge is 0.255 e. The van der Waals surface area contributed by atoms with Gasteiger partial charge in [-0.1, -0.05) is 11.3 Å². The molecule has 1 saturated heterocycles. The van der Waals surface area contributed by atoms with Gasteiger partial charge in [0.15, 0.2) is 0 Å². The van der Waals surface area contributed by atoms with Crippen LogP contribution in [0.3, 0.4) is 0 Å². The molecule has 0 aliphatic carbocycles. The third-order valence-electron chi connectivity index (χ3n) is 5.35. The quantitative estimate of drug-likeness (QED) is 0.614. The fraction of sp³-hybridized carbons (Fsp3) is 0.200. The molecule has 1 unspecified atom stereocenters. The average Bonchev–Trinajstić information content (AvgIpc) is 3.34. The van der Waals surface area contributed by atoms with Crippen LogP contribution in [0.25, 0.3) is 16.9 Å². The van der Waals surface area contributed by atoms with Gasteiger partial charge in [0.1, 0.15) is 11.7 Å². The van der Waals surface area contributed by atoms with Gasteiger partial charge in [-0.3, -0.25) is 24.7 Å². The summed E-state index contributed by atoms with van der Waals surface area (Å²) in [6.07, 6.45) is 5.46. The van der Waals surface area contributed by atoms with Gasteiger partial charge in [-0.15, -0.1) is 5.10 Å². The number of nitrogens with zero attached hydrogens (tertiary/aromatic N) is 5. The van der Waals surface area contributed by atoms with E-state index in [1.54, 1.807) is 41.5 Å². The molecule has 0 radical (unpaired) electrons. The molecule has 3 N–H and O–H groups in total. The summed E-state index contributed by atoms with van der Waals surface area (Å²) in [5, 5.41) is 10.7. The first-order valence-corrected chi connectivity index (χ1v) is 9.41. The number of nitrogens with one attached hydrogen (secondary N) is 1. The van der Waals surface area contributed by atoms with Crippen LogP contribution in [0.4, 0.5) is 5.69 Å². The number of nitrogens with two attached hydrogens (primary N) is 1. The Bertz CT molecular complexity index is 1200. The zero-order valence-electron chi connectivity index (χ0n) is 15.8. The lowest BCUT2D eigenvalue weighted by Gasteiger charge is -2.29. The Kier molecular flexibility index (Phi) is 4.05. The molecule has 2 aliphatic heterocycles. The van der Waals surface area contributed by atoms with Crippen molar-refractivity contribution in [3.63, 3.8) is 0 Å². The highest BCUT2D eigenvalue weighted by Gasteiger charge is 2.40. The molecular weight excluding hydrogens is 386 g/mol. The van der Waals surface area contributed by atoms with Crippen LogP contribution in [0.1, 0.15) is 28.8 Å². The number of fused-ring (bicyclic) bond motifs is 1. The molecule has 10 nitrogen and oxygen atoms in total. The van der Waals surface area contributed by atoms with Crippen molar-refractivity contribution in [3.8, 4) is 16.9 Å². The Balaban J connectivity index is 1.48. The van der Waals surface area contributed by atoms with Crippen LogP contribution >= 0.6 is 0 Å². The molecule has 3 amide bonds. The lowest BCUT2D eigenvalue weighted by Crippen LogP contribution is -2.52. The highest BCUT2D eigenvalue weighted by atomic mass is 16.2. The van der Waals surface area contributed by atoms with Gasteiger partial charge in [0.25, 0.3) is 5.91 Å². The topological polar surface area (TPSA) is 136 Å². The fourth-order valence-corrected chi connectivity index (χ4v) is 3.90. The van der Waals surface area contributed by atoms with Gasteiger partial charge in [-0.25, -0.2) is 4.68 Å². The number of benzene rings is 1. The maximum atomic E-state index is 13.0. The van der Waals surface area contributed by atoms with E-state index in [-0.39, 0.29) is 24.8 Å². The summed E-state index contributed by atoms with van der Waals surface area (Å²) < 4.78 is 1.60. The van der Waals surface area contributed by atoms with Crippen molar-refractivity contribution >= 4 is 23.4 Å². The number of hydrogen-bond donors (Lipinski definition) is 2. The van der Waals surface area contributed by atoms with Crippen LogP contribution in [-0.2, 0) is 16.1 Å². The van der Waals surface area contributed by atoms with E-state index in [2.05, 4.69) is 20.6 Å². The van der Waals surface area contributed by atoms with E-state index in [9.17, 15) is 14.4 Å². The average molecular weight is 403 g/mol. The summed E-state index contributed by atoms with van der Waals surface area (Å²) in [5.74, 6) is -0.986. The molecule has 1 atom stereocenters. The van der Waals surface area contributed by atoms with E-state index in [0.717, 1.165) is 11.1 Å². The van der Waals surface area contributed by atoms with Crippen molar-refractivity contribution in [1.82, 2.24) is 30.2 Å². The summed E-state index contributed by atoms with van der Waals surface area (Å²) in [6, 6.07) is 6.43. The molecule has 3 aromatic rings. The number of rotatable bonds is 3. The molecule has 0 spiro atoms. The summed E-state index contributed by atoms with van der Waals surface area (Å²) >= 11 is 0. The molecule has 10 heteroatoms. The summed E-state index contributed by atoms with van der Waals surface area (Å²) in [4.78, 5) is 42.3. The number of anilines is 1. The molecule has 2 aliphatic rings. The normalized spacial score (nSPS) is 18.5. The minimum Gasteiger partial charge on any atom is -0.397 e. The SMILES string of the molecule is Nc1cncc(-c2cn(-c3cccc4c3CN(C3CCC(=O)NC3=O)C4=O)nn2)c1. The Hall–Kier alpha value is -4.08. The van der Waals surface area contributed by atoms with Crippen LogP contribution in [0.15, 0.2) is 42.9 Å².